The Balaban J connectivity index is 1.87. The van der Waals surface area contributed by atoms with Crippen LogP contribution in [0.15, 0.2) is 58.0 Å². The number of hydrogen-bond acceptors (Lipinski definition) is 6. The molecule has 0 bridgehead atoms. The molecule has 8 nitrogen and oxygen atoms in total. The number of sulfonamides is 1. The third-order valence-electron chi connectivity index (χ3n) is 6.44. The Morgan fingerprint density at radius 1 is 0.974 bits per heavy atom. The van der Waals surface area contributed by atoms with Crippen molar-refractivity contribution in [1.29, 1.82) is 0 Å². The summed E-state index contributed by atoms with van der Waals surface area (Å²) >= 11 is 0. The van der Waals surface area contributed by atoms with Crippen LogP contribution in [0, 0.1) is 20.8 Å². The van der Waals surface area contributed by atoms with Crippen molar-refractivity contribution in [3.8, 4) is 11.5 Å². The highest BCUT2D eigenvalue weighted by molar-refractivity contribution is 7.89. The van der Waals surface area contributed by atoms with Gasteiger partial charge in [-0.1, -0.05) is 23.8 Å². The predicted octanol–water partition coefficient (Wildman–Crippen LogP) is 4.89. The minimum atomic E-state index is -3.92. The highest BCUT2D eigenvalue weighted by atomic mass is 32.2. The van der Waals surface area contributed by atoms with Gasteiger partial charge in [0.05, 0.1) is 38.5 Å². The number of carbonyl (C=O) groups excluding carboxylic acids is 1. The molecule has 3 rings (SSSR count). The smallest absolute Gasteiger partial charge is 0.244 e. The summed E-state index contributed by atoms with van der Waals surface area (Å²) in [6, 6.07) is 12.5. The van der Waals surface area contributed by atoms with E-state index in [9.17, 15) is 13.2 Å². The van der Waals surface area contributed by atoms with Gasteiger partial charge in [-0.2, -0.15) is 4.31 Å². The van der Waals surface area contributed by atoms with Gasteiger partial charge < -0.3 is 18.8 Å². The van der Waals surface area contributed by atoms with Crippen molar-refractivity contribution in [3.05, 3.63) is 76.7 Å². The molecule has 1 aromatic heterocycles. The first-order valence-electron chi connectivity index (χ1n) is 12.6. The zero-order valence-electron chi connectivity index (χ0n) is 23.3. The third kappa shape index (κ3) is 6.76. The van der Waals surface area contributed by atoms with E-state index >= 15 is 0 Å². The molecule has 2 aromatic carbocycles. The minimum Gasteiger partial charge on any atom is -0.493 e. The van der Waals surface area contributed by atoms with Gasteiger partial charge in [-0.3, -0.25) is 4.79 Å². The van der Waals surface area contributed by atoms with E-state index in [1.165, 1.54) is 4.31 Å². The van der Waals surface area contributed by atoms with Crippen molar-refractivity contribution in [1.82, 2.24) is 9.21 Å². The number of hydrogen-bond donors (Lipinski definition) is 0. The zero-order chi connectivity index (χ0) is 28.0. The van der Waals surface area contributed by atoms with E-state index in [0.29, 0.717) is 41.4 Å². The van der Waals surface area contributed by atoms with E-state index in [4.69, 9.17) is 13.9 Å². The summed E-state index contributed by atoms with van der Waals surface area (Å²) in [5.74, 6) is 1.55. The fourth-order valence-electron chi connectivity index (χ4n) is 4.65. The Kier molecular flexibility index (Phi) is 9.62. The fourth-order valence-corrected chi connectivity index (χ4v) is 6.65. The average molecular weight is 543 g/mol. The predicted molar refractivity (Wildman–Crippen MR) is 147 cm³/mol. The summed E-state index contributed by atoms with van der Waals surface area (Å²) in [7, 11) is -0.766. The Labute approximate surface area is 226 Å². The number of methoxy groups -OCH3 is 2. The molecule has 38 heavy (non-hydrogen) atoms. The van der Waals surface area contributed by atoms with Crippen molar-refractivity contribution in [3.63, 3.8) is 0 Å². The maximum Gasteiger partial charge on any atom is 0.244 e. The molecule has 1 heterocycles. The quantitative estimate of drug-likeness (QED) is 0.324. The molecule has 0 saturated heterocycles. The molecule has 0 radical (unpaired) electrons. The monoisotopic (exact) mass is 542 g/mol. The van der Waals surface area contributed by atoms with Gasteiger partial charge >= 0.3 is 0 Å². The normalized spacial score (nSPS) is 11.7. The van der Waals surface area contributed by atoms with E-state index in [2.05, 4.69) is 0 Å². The Bertz CT molecular complexity index is 1330. The molecule has 0 atom stereocenters. The lowest BCUT2D eigenvalue weighted by atomic mass is 10.1. The summed E-state index contributed by atoms with van der Waals surface area (Å²) in [4.78, 5) is 15.6. The van der Waals surface area contributed by atoms with E-state index in [-0.39, 0.29) is 23.9 Å². The first-order chi connectivity index (χ1) is 18.0. The Hall–Kier alpha value is -3.30. The van der Waals surface area contributed by atoms with Crippen molar-refractivity contribution in [2.45, 2.75) is 58.5 Å². The van der Waals surface area contributed by atoms with Crippen molar-refractivity contribution in [2.75, 3.05) is 27.3 Å². The zero-order valence-corrected chi connectivity index (χ0v) is 24.1. The molecular formula is C29H38N2O6S. The second-order valence-corrected chi connectivity index (χ2v) is 11.5. The van der Waals surface area contributed by atoms with E-state index in [0.717, 1.165) is 11.1 Å². The van der Waals surface area contributed by atoms with Gasteiger partial charge in [0.25, 0.3) is 0 Å². The summed E-state index contributed by atoms with van der Waals surface area (Å²) in [6.45, 7) is 9.40. The lowest BCUT2D eigenvalue weighted by molar-refractivity contribution is -0.132. The summed E-state index contributed by atoms with van der Waals surface area (Å²) in [5.41, 5.74) is 3.29. The third-order valence-corrected chi connectivity index (χ3v) is 8.76. The lowest BCUT2D eigenvalue weighted by Gasteiger charge is -2.30. The van der Waals surface area contributed by atoms with Crippen LogP contribution in [-0.2, 0) is 27.8 Å². The molecule has 0 spiro atoms. The highest BCUT2D eigenvalue weighted by Gasteiger charge is 2.33. The molecule has 1 amide bonds. The average Bonchev–Trinajstić information content (AvgIpc) is 3.36. The van der Waals surface area contributed by atoms with Gasteiger partial charge in [0.1, 0.15) is 5.76 Å². The number of furan rings is 1. The molecule has 0 N–H and O–H groups in total. The van der Waals surface area contributed by atoms with Crippen LogP contribution in [0.2, 0.25) is 0 Å². The molecule has 9 heteroatoms. The van der Waals surface area contributed by atoms with Gasteiger partial charge in [-0.05, 0) is 82.0 Å². The molecule has 206 valence electrons. The minimum absolute atomic E-state index is 0.230. The summed E-state index contributed by atoms with van der Waals surface area (Å²) < 4.78 is 45.2. The summed E-state index contributed by atoms with van der Waals surface area (Å²) in [5, 5.41) is 0. The SMILES string of the molecule is COc1ccc(CCN(Cc2ccco2)C(=O)CN(C(C)C)S(=O)(=O)c2c(C)cc(C)cc2C)cc1OC. The second kappa shape index (κ2) is 12.5. The molecule has 0 aliphatic carbocycles. The van der Waals surface area contributed by atoms with Gasteiger partial charge in [-0.15, -0.1) is 0 Å². The Morgan fingerprint density at radius 3 is 2.18 bits per heavy atom. The van der Waals surface area contributed by atoms with Gasteiger partial charge in [-0.25, -0.2) is 8.42 Å². The fraction of sp³-hybridized carbons (Fsp3) is 0.414. The molecule has 0 saturated carbocycles. The van der Waals surface area contributed by atoms with Crippen molar-refractivity contribution in [2.24, 2.45) is 0 Å². The van der Waals surface area contributed by atoms with Crippen LogP contribution in [-0.4, -0.2) is 56.9 Å². The van der Waals surface area contributed by atoms with Crippen molar-refractivity contribution >= 4 is 15.9 Å². The first kappa shape index (κ1) is 29.3. The topological polar surface area (TPSA) is 89.3 Å². The number of amides is 1. The van der Waals surface area contributed by atoms with Crippen LogP contribution < -0.4 is 9.47 Å². The van der Waals surface area contributed by atoms with Crippen LogP contribution in [0.5, 0.6) is 11.5 Å². The Morgan fingerprint density at radius 2 is 1.63 bits per heavy atom. The van der Waals surface area contributed by atoms with E-state index in [1.807, 2.05) is 37.3 Å². The maximum absolute atomic E-state index is 13.8. The first-order valence-corrected chi connectivity index (χ1v) is 14.0. The van der Waals surface area contributed by atoms with E-state index < -0.39 is 16.1 Å². The number of nitrogens with zero attached hydrogens (tertiary/aromatic N) is 2. The molecule has 0 aliphatic heterocycles. The number of ether oxygens (including phenoxy) is 2. The molecule has 0 fully saturated rings. The standard InChI is InChI=1S/C29H38N2O6S/c1-20(2)31(38(33,34)29-22(4)15-21(3)16-23(29)5)19-28(32)30(18-25-9-8-14-37-25)13-12-24-10-11-26(35-6)27(17-24)36-7/h8-11,14-17,20H,12-13,18-19H2,1-7H3. The number of rotatable bonds is 12. The largest absolute Gasteiger partial charge is 0.493 e. The number of benzene rings is 2. The molecular weight excluding hydrogens is 504 g/mol. The van der Waals surface area contributed by atoms with Gasteiger partial charge in [0, 0.05) is 12.6 Å². The van der Waals surface area contributed by atoms with Crippen LogP contribution in [0.3, 0.4) is 0 Å². The lowest BCUT2D eigenvalue weighted by Crippen LogP contribution is -2.46. The van der Waals surface area contributed by atoms with Crippen LogP contribution in [0.25, 0.3) is 0 Å². The highest BCUT2D eigenvalue weighted by Crippen LogP contribution is 2.29. The molecule has 3 aromatic rings. The number of aryl methyl sites for hydroxylation is 3. The molecule has 0 aliphatic rings. The van der Waals surface area contributed by atoms with Crippen LogP contribution >= 0.6 is 0 Å². The number of carbonyl (C=O) groups is 1. The van der Waals surface area contributed by atoms with Gasteiger partial charge in [0.2, 0.25) is 15.9 Å². The van der Waals surface area contributed by atoms with E-state index in [1.54, 1.807) is 65.2 Å². The van der Waals surface area contributed by atoms with Gasteiger partial charge in [0.15, 0.2) is 11.5 Å². The molecule has 0 unspecified atom stereocenters. The van der Waals surface area contributed by atoms with Crippen LogP contribution in [0.4, 0.5) is 0 Å². The van der Waals surface area contributed by atoms with Crippen LogP contribution in [0.1, 0.15) is 41.9 Å². The maximum atomic E-state index is 13.8. The van der Waals surface area contributed by atoms with Crippen molar-refractivity contribution < 1.29 is 27.1 Å². The summed E-state index contributed by atoms with van der Waals surface area (Å²) in [6.07, 6.45) is 2.09. The second-order valence-electron chi connectivity index (χ2n) is 9.71.